The highest BCUT2D eigenvalue weighted by atomic mass is 32.2. The Balaban J connectivity index is 1.98. The summed E-state index contributed by atoms with van der Waals surface area (Å²) in [6.07, 6.45) is 1.57. The van der Waals surface area contributed by atoms with Crippen LogP contribution in [0.4, 0.5) is 5.82 Å². The zero-order valence-electron chi connectivity index (χ0n) is 16.3. The molecule has 2 aromatic heterocycles. The lowest BCUT2D eigenvalue weighted by Gasteiger charge is -2.25. The van der Waals surface area contributed by atoms with Crippen LogP contribution in [-0.4, -0.2) is 56.3 Å². The number of aromatic nitrogens is 2. The summed E-state index contributed by atoms with van der Waals surface area (Å²) in [6, 6.07) is 7.89. The van der Waals surface area contributed by atoms with E-state index in [1.54, 1.807) is 32.5 Å². The third-order valence-electron chi connectivity index (χ3n) is 4.34. The van der Waals surface area contributed by atoms with E-state index in [2.05, 4.69) is 27.4 Å². The SMILES string of the molecule is CNc1nc(SCC2COC2)c(C#N)c(-c2ccc(OCCOC)cn2)c1C#N. The van der Waals surface area contributed by atoms with Gasteiger partial charge in [-0.25, -0.2) is 4.98 Å². The van der Waals surface area contributed by atoms with Crippen molar-refractivity contribution in [2.24, 2.45) is 5.92 Å². The fourth-order valence-electron chi connectivity index (χ4n) is 2.75. The lowest BCUT2D eigenvalue weighted by atomic mass is 10.0. The molecule has 0 atom stereocenters. The number of rotatable bonds is 9. The zero-order chi connectivity index (χ0) is 20.6. The van der Waals surface area contributed by atoms with Crippen LogP contribution < -0.4 is 10.1 Å². The third-order valence-corrected chi connectivity index (χ3v) is 5.54. The number of nitriles is 2. The summed E-state index contributed by atoms with van der Waals surface area (Å²) in [5, 5.41) is 23.1. The topological polar surface area (TPSA) is 113 Å². The van der Waals surface area contributed by atoms with E-state index in [4.69, 9.17) is 14.2 Å². The minimum Gasteiger partial charge on any atom is -0.490 e. The number of hydrogen-bond acceptors (Lipinski definition) is 9. The van der Waals surface area contributed by atoms with Gasteiger partial charge in [-0.15, -0.1) is 11.8 Å². The lowest BCUT2D eigenvalue weighted by Crippen LogP contribution is -2.29. The molecule has 0 amide bonds. The first-order valence-corrected chi connectivity index (χ1v) is 10.0. The van der Waals surface area contributed by atoms with Crippen LogP contribution in [0.3, 0.4) is 0 Å². The summed E-state index contributed by atoms with van der Waals surface area (Å²) in [7, 11) is 3.31. The molecule has 0 bridgehead atoms. The smallest absolute Gasteiger partial charge is 0.145 e. The number of ether oxygens (including phenoxy) is 3. The molecule has 1 N–H and O–H groups in total. The van der Waals surface area contributed by atoms with Crippen molar-refractivity contribution < 1.29 is 14.2 Å². The van der Waals surface area contributed by atoms with Crippen molar-refractivity contribution in [1.29, 1.82) is 10.5 Å². The number of nitrogens with one attached hydrogen (secondary N) is 1. The molecule has 2 aromatic rings. The third kappa shape index (κ3) is 4.77. The highest BCUT2D eigenvalue weighted by Crippen LogP contribution is 2.37. The first-order chi connectivity index (χ1) is 14.2. The van der Waals surface area contributed by atoms with Gasteiger partial charge in [-0.05, 0) is 12.1 Å². The number of thioether (sulfide) groups is 1. The highest BCUT2D eigenvalue weighted by Gasteiger charge is 2.24. The molecule has 1 aliphatic rings. The van der Waals surface area contributed by atoms with Gasteiger partial charge in [0.15, 0.2) is 0 Å². The second kappa shape index (κ2) is 10.1. The Morgan fingerprint density at radius 2 is 2.03 bits per heavy atom. The van der Waals surface area contributed by atoms with Gasteiger partial charge in [0.2, 0.25) is 0 Å². The minimum atomic E-state index is 0.293. The number of anilines is 1. The van der Waals surface area contributed by atoms with Crippen molar-refractivity contribution in [3.8, 4) is 29.1 Å². The van der Waals surface area contributed by atoms with Gasteiger partial charge < -0.3 is 19.5 Å². The van der Waals surface area contributed by atoms with Crippen molar-refractivity contribution in [3.05, 3.63) is 29.5 Å². The van der Waals surface area contributed by atoms with Crippen molar-refractivity contribution in [2.75, 3.05) is 51.7 Å². The second-order valence-corrected chi connectivity index (χ2v) is 7.31. The van der Waals surface area contributed by atoms with E-state index in [0.29, 0.717) is 58.1 Å². The van der Waals surface area contributed by atoms with Crippen LogP contribution in [0, 0.1) is 28.6 Å². The molecule has 1 fully saturated rings. The minimum absolute atomic E-state index is 0.293. The van der Waals surface area contributed by atoms with Gasteiger partial charge in [-0.1, -0.05) is 0 Å². The van der Waals surface area contributed by atoms with Crippen molar-refractivity contribution in [2.45, 2.75) is 5.03 Å². The summed E-state index contributed by atoms with van der Waals surface area (Å²) in [4.78, 5) is 8.95. The molecule has 9 heteroatoms. The van der Waals surface area contributed by atoms with Crippen LogP contribution in [0.15, 0.2) is 23.4 Å². The average molecular weight is 411 g/mol. The zero-order valence-corrected chi connectivity index (χ0v) is 17.1. The molecule has 0 aromatic carbocycles. The van der Waals surface area contributed by atoms with Gasteiger partial charge in [0.05, 0.1) is 37.3 Å². The molecule has 0 unspecified atom stereocenters. The maximum atomic E-state index is 9.85. The van der Waals surface area contributed by atoms with Gasteiger partial charge in [0.25, 0.3) is 0 Å². The Morgan fingerprint density at radius 3 is 2.59 bits per heavy atom. The van der Waals surface area contributed by atoms with Gasteiger partial charge in [-0.2, -0.15) is 10.5 Å². The Hall–Kier alpha value is -2.85. The van der Waals surface area contributed by atoms with Crippen LogP contribution in [0.5, 0.6) is 5.75 Å². The maximum Gasteiger partial charge on any atom is 0.145 e. The summed E-state index contributed by atoms with van der Waals surface area (Å²) < 4.78 is 15.7. The summed E-state index contributed by atoms with van der Waals surface area (Å²) in [5.41, 5.74) is 1.64. The van der Waals surface area contributed by atoms with E-state index < -0.39 is 0 Å². The fraction of sp³-hybridized carbons (Fsp3) is 0.400. The molecule has 29 heavy (non-hydrogen) atoms. The van der Waals surface area contributed by atoms with Gasteiger partial charge in [-0.3, -0.25) is 4.98 Å². The summed E-state index contributed by atoms with van der Waals surface area (Å²) >= 11 is 1.50. The number of pyridine rings is 2. The van der Waals surface area contributed by atoms with Crippen LogP contribution in [-0.2, 0) is 9.47 Å². The fourth-order valence-corrected chi connectivity index (χ4v) is 3.79. The predicted octanol–water partition coefficient (Wildman–Crippen LogP) is 2.69. The number of methoxy groups -OCH3 is 1. The molecule has 3 heterocycles. The van der Waals surface area contributed by atoms with E-state index in [9.17, 15) is 10.5 Å². The Kier molecular flexibility index (Phi) is 7.25. The molecule has 0 aliphatic carbocycles. The van der Waals surface area contributed by atoms with Crippen molar-refractivity contribution in [1.82, 2.24) is 9.97 Å². The van der Waals surface area contributed by atoms with Crippen LogP contribution >= 0.6 is 11.8 Å². The van der Waals surface area contributed by atoms with Crippen molar-refractivity contribution in [3.63, 3.8) is 0 Å². The van der Waals surface area contributed by atoms with E-state index in [1.165, 1.54) is 11.8 Å². The first-order valence-electron chi connectivity index (χ1n) is 9.06. The second-order valence-electron chi connectivity index (χ2n) is 6.30. The number of nitrogens with zero attached hydrogens (tertiary/aromatic N) is 4. The van der Waals surface area contributed by atoms with E-state index in [0.717, 1.165) is 19.0 Å². The highest BCUT2D eigenvalue weighted by molar-refractivity contribution is 7.99. The Morgan fingerprint density at radius 1 is 1.24 bits per heavy atom. The average Bonchev–Trinajstić information content (AvgIpc) is 2.72. The molecule has 0 saturated carbocycles. The van der Waals surface area contributed by atoms with Crippen LogP contribution in [0.2, 0.25) is 0 Å². The largest absolute Gasteiger partial charge is 0.490 e. The molecular weight excluding hydrogens is 390 g/mol. The van der Waals surface area contributed by atoms with Crippen molar-refractivity contribution >= 4 is 17.6 Å². The van der Waals surface area contributed by atoms with Gasteiger partial charge in [0, 0.05) is 31.4 Å². The first kappa shape index (κ1) is 20.9. The molecule has 1 aliphatic heterocycles. The van der Waals surface area contributed by atoms with Crippen LogP contribution in [0.1, 0.15) is 11.1 Å². The lowest BCUT2D eigenvalue weighted by molar-refractivity contribution is -0.0196. The molecule has 8 nitrogen and oxygen atoms in total. The normalized spacial score (nSPS) is 13.2. The van der Waals surface area contributed by atoms with E-state index >= 15 is 0 Å². The maximum absolute atomic E-state index is 9.85. The molecule has 150 valence electrons. The molecular formula is C20H21N5O3S. The van der Waals surface area contributed by atoms with E-state index in [1.807, 2.05) is 0 Å². The van der Waals surface area contributed by atoms with Gasteiger partial charge in [0.1, 0.15) is 40.9 Å². The Bertz CT molecular complexity index is 933. The molecule has 0 spiro atoms. The van der Waals surface area contributed by atoms with E-state index in [-0.39, 0.29) is 0 Å². The predicted molar refractivity (Wildman–Crippen MR) is 109 cm³/mol. The monoisotopic (exact) mass is 411 g/mol. The van der Waals surface area contributed by atoms with Gasteiger partial charge >= 0.3 is 0 Å². The standard InChI is InChI=1S/C20H21N5O3S/c1-23-19-15(7-21)18(17-4-3-14(9-24-17)28-6-5-26-2)16(8-22)20(25-19)29-12-13-10-27-11-13/h3-4,9,13H,5-6,10-12H2,1-2H3,(H,23,25). The summed E-state index contributed by atoms with van der Waals surface area (Å²) in [5.74, 6) is 2.27. The summed E-state index contributed by atoms with van der Waals surface area (Å²) in [6.45, 7) is 2.34. The quantitative estimate of drug-likeness (QED) is 0.491. The molecule has 3 rings (SSSR count). The molecule has 0 radical (unpaired) electrons. The Labute approximate surface area is 173 Å². The number of hydrogen-bond donors (Lipinski definition) is 1. The molecule has 1 saturated heterocycles. The van der Waals surface area contributed by atoms with Crippen LogP contribution in [0.25, 0.3) is 11.3 Å².